The zero-order valence-corrected chi connectivity index (χ0v) is 19.8. The first-order chi connectivity index (χ1) is 14.1. The highest BCUT2D eigenvalue weighted by Crippen LogP contribution is 2.57. The number of hydrogen-bond acceptors (Lipinski definition) is 3. The van der Waals surface area contributed by atoms with Crippen molar-refractivity contribution in [3.8, 4) is 0 Å². The van der Waals surface area contributed by atoms with Crippen molar-refractivity contribution in [2.75, 3.05) is 11.5 Å². The van der Waals surface area contributed by atoms with E-state index >= 15 is 0 Å². The van der Waals surface area contributed by atoms with Crippen LogP contribution in [0.2, 0.25) is 0 Å². The predicted molar refractivity (Wildman–Crippen MR) is 131 cm³/mol. The van der Waals surface area contributed by atoms with Gasteiger partial charge in [-0.2, -0.15) is 0 Å². The van der Waals surface area contributed by atoms with E-state index in [2.05, 4.69) is 58.0 Å². The van der Waals surface area contributed by atoms with Gasteiger partial charge in [0, 0.05) is 17.6 Å². The third-order valence-corrected chi connectivity index (χ3v) is 10.2. The molecule has 30 heavy (non-hydrogen) atoms. The van der Waals surface area contributed by atoms with Crippen LogP contribution in [0.1, 0.15) is 68.4 Å². The summed E-state index contributed by atoms with van der Waals surface area (Å²) in [6, 6.07) is 15.6. The summed E-state index contributed by atoms with van der Waals surface area (Å²) in [5.74, 6) is 1.35. The summed E-state index contributed by atoms with van der Waals surface area (Å²) < 4.78 is -0.0955. The Hall–Kier alpha value is -1.65. The average molecular weight is 439 g/mol. The van der Waals surface area contributed by atoms with Gasteiger partial charge in [-0.15, -0.1) is 23.5 Å². The lowest BCUT2D eigenvalue weighted by Crippen LogP contribution is -2.34. The summed E-state index contributed by atoms with van der Waals surface area (Å²) in [5.41, 5.74) is 7.01. The molecule has 2 nitrogen and oxygen atoms in total. The SMILES string of the molecule is CC1(C)CCC(C)(C)c2cc(C3(c4ccc(C=CC(=O)O)cc4)SCCS3)ccc21. The molecule has 0 amide bonds. The van der Waals surface area contributed by atoms with E-state index in [1.807, 2.05) is 35.7 Å². The zero-order valence-electron chi connectivity index (χ0n) is 18.2. The Labute approximate surface area is 188 Å². The molecular formula is C26H30O2S2. The largest absolute Gasteiger partial charge is 0.478 e. The van der Waals surface area contributed by atoms with Crippen LogP contribution in [0.3, 0.4) is 0 Å². The van der Waals surface area contributed by atoms with Gasteiger partial charge in [-0.05, 0) is 57.6 Å². The Morgan fingerprint density at radius 2 is 1.43 bits per heavy atom. The maximum Gasteiger partial charge on any atom is 0.328 e. The van der Waals surface area contributed by atoms with Crippen LogP contribution in [0, 0.1) is 0 Å². The van der Waals surface area contributed by atoms with E-state index in [-0.39, 0.29) is 14.9 Å². The highest BCUT2D eigenvalue weighted by atomic mass is 32.2. The molecular weight excluding hydrogens is 408 g/mol. The van der Waals surface area contributed by atoms with Gasteiger partial charge in [0.1, 0.15) is 4.08 Å². The molecule has 1 N–H and O–H groups in total. The highest BCUT2D eigenvalue weighted by molar-refractivity contribution is 8.20. The maximum atomic E-state index is 10.8. The third-order valence-electron chi connectivity index (χ3n) is 6.64. The molecule has 4 heteroatoms. The number of aliphatic carboxylic acids is 1. The number of benzene rings is 2. The van der Waals surface area contributed by atoms with Gasteiger partial charge in [-0.1, -0.05) is 70.2 Å². The molecule has 158 valence electrons. The summed E-state index contributed by atoms with van der Waals surface area (Å²) in [6.07, 6.45) is 5.29. The van der Waals surface area contributed by atoms with Crippen molar-refractivity contribution in [1.82, 2.24) is 0 Å². The second-order valence-corrected chi connectivity index (χ2v) is 12.5. The first-order valence-electron chi connectivity index (χ1n) is 10.6. The highest BCUT2D eigenvalue weighted by Gasteiger charge is 2.42. The molecule has 0 atom stereocenters. The van der Waals surface area contributed by atoms with E-state index in [0.29, 0.717) is 0 Å². The maximum absolute atomic E-state index is 10.8. The number of carbonyl (C=O) groups is 1. The van der Waals surface area contributed by atoms with Gasteiger partial charge in [0.05, 0.1) is 0 Å². The van der Waals surface area contributed by atoms with E-state index in [1.54, 1.807) is 6.08 Å². The number of rotatable bonds is 4. The first-order valence-corrected chi connectivity index (χ1v) is 12.6. The summed E-state index contributed by atoms with van der Waals surface area (Å²) in [5, 5.41) is 8.87. The van der Waals surface area contributed by atoms with Crippen molar-refractivity contribution in [1.29, 1.82) is 0 Å². The monoisotopic (exact) mass is 438 g/mol. The summed E-state index contributed by atoms with van der Waals surface area (Å²) in [7, 11) is 0. The number of carboxylic acid groups (broad SMARTS) is 1. The van der Waals surface area contributed by atoms with E-state index in [4.69, 9.17) is 5.11 Å². The Kier molecular flexibility index (Phi) is 5.61. The fourth-order valence-corrected chi connectivity index (χ4v) is 7.95. The minimum absolute atomic E-state index is 0.0955. The fraction of sp³-hybridized carbons (Fsp3) is 0.423. The Morgan fingerprint density at radius 1 is 0.867 bits per heavy atom. The number of hydrogen-bond donors (Lipinski definition) is 1. The number of carboxylic acids is 1. The molecule has 0 bridgehead atoms. The van der Waals surface area contributed by atoms with Crippen LogP contribution in [0.4, 0.5) is 0 Å². The van der Waals surface area contributed by atoms with Crippen molar-refractivity contribution in [3.05, 3.63) is 76.4 Å². The normalized spacial score (nSPS) is 21.5. The molecule has 1 aliphatic heterocycles. The lowest BCUT2D eigenvalue weighted by atomic mass is 9.63. The molecule has 0 radical (unpaired) electrons. The Morgan fingerprint density at radius 3 is 2.03 bits per heavy atom. The van der Waals surface area contributed by atoms with Gasteiger partial charge in [0.2, 0.25) is 0 Å². The smallest absolute Gasteiger partial charge is 0.328 e. The van der Waals surface area contributed by atoms with Gasteiger partial charge < -0.3 is 5.11 Å². The van der Waals surface area contributed by atoms with Crippen LogP contribution in [0.15, 0.2) is 48.5 Å². The second kappa shape index (κ2) is 7.80. The van der Waals surface area contributed by atoms with Crippen molar-refractivity contribution in [2.24, 2.45) is 0 Å². The van der Waals surface area contributed by atoms with Gasteiger partial charge in [0.15, 0.2) is 0 Å². The predicted octanol–water partition coefficient (Wildman–Crippen LogP) is 6.81. The van der Waals surface area contributed by atoms with Crippen molar-refractivity contribution in [3.63, 3.8) is 0 Å². The zero-order chi connectivity index (χ0) is 21.6. The summed E-state index contributed by atoms with van der Waals surface area (Å²) >= 11 is 4.04. The Bertz CT molecular complexity index is 981. The van der Waals surface area contributed by atoms with Gasteiger partial charge >= 0.3 is 5.97 Å². The quantitative estimate of drug-likeness (QED) is 0.532. The topological polar surface area (TPSA) is 37.3 Å². The van der Waals surface area contributed by atoms with Crippen LogP contribution in [0.5, 0.6) is 0 Å². The second-order valence-electron chi connectivity index (χ2n) is 9.64. The van der Waals surface area contributed by atoms with Crippen molar-refractivity contribution < 1.29 is 9.90 Å². The van der Waals surface area contributed by atoms with E-state index < -0.39 is 5.97 Å². The van der Waals surface area contributed by atoms with Crippen LogP contribution < -0.4 is 0 Å². The fourth-order valence-electron chi connectivity index (χ4n) is 4.69. The van der Waals surface area contributed by atoms with Gasteiger partial charge in [-0.25, -0.2) is 4.79 Å². The Balaban J connectivity index is 1.78. The van der Waals surface area contributed by atoms with Crippen LogP contribution in [-0.2, 0) is 19.7 Å². The van der Waals surface area contributed by atoms with E-state index in [1.165, 1.54) is 41.2 Å². The lowest BCUT2D eigenvalue weighted by Gasteiger charge is -2.43. The number of thioether (sulfide) groups is 2. The first kappa shape index (κ1) is 21.6. The molecule has 2 aromatic carbocycles. The third kappa shape index (κ3) is 3.85. The summed E-state index contributed by atoms with van der Waals surface area (Å²) in [4.78, 5) is 10.8. The molecule has 1 aliphatic carbocycles. The van der Waals surface area contributed by atoms with E-state index in [0.717, 1.165) is 17.1 Å². The van der Waals surface area contributed by atoms with Crippen LogP contribution >= 0.6 is 23.5 Å². The molecule has 2 aliphatic rings. The van der Waals surface area contributed by atoms with Gasteiger partial charge in [0.25, 0.3) is 0 Å². The van der Waals surface area contributed by atoms with Crippen LogP contribution in [-0.4, -0.2) is 22.6 Å². The molecule has 0 spiro atoms. The van der Waals surface area contributed by atoms with E-state index in [9.17, 15) is 4.79 Å². The molecule has 1 saturated heterocycles. The van der Waals surface area contributed by atoms with Crippen molar-refractivity contribution >= 4 is 35.6 Å². The van der Waals surface area contributed by atoms with Crippen LogP contribution in [0.25, 0.3) is 6.08 Å². The van der Waals surface area contributed by atoms with Crippen molar-refractivity contribution in [2.45, 2.75) is 55.4 Å². The molecule has 0 aromatic heterocycles. The molecule has 0 unspecified atom stereocenters. The lowest BCUT2D eigenvalue weighted by molar-refractivity contribution is -0.131. The van der Waals surface area contributed by atoms with Gasteiger partial charge in [-0.3, -0.25) is 0 Å². The molecule has 1 fully saturated rings. The molecule has 0 saturated carbocycles. The molecule has 2 aromatic rings. The minimum Gasteiger partial charge on any atom is -0.478 e. The molecule has 1 heterocycles. The minimum atomic E-state index is -0.919. The standard InChI is InChI=1S/C26H30O2S2/c1-24(2)13-14-25(3,4)22-17-20(10-11-21(22)24)26(29-15-16-30-26)19-8-5-18(6-9-19)7-12-23(27)28/h5-12,17H,13-16H2,1-4H3,(H,27,28). The average Bonchev–Trinajstić information content (AvgIpc) is 3.21. The number of fused-ring (bicyclic) bond motifs is 1. The summed E-state index contributed by atoms with van der Waals surface area (Å²) in [6.45, 7) is 9.52. The molecule has 4 rings (SSSR count).